The Bertz CT molecular complexity index is 1030. The molecule has 0 saturated carbocycles. The van der Waals surface area contributed by atoms with E-state index >= 15 is 0 Å². The summed E-state index contributed by atoms with van der Waals surface area (Å²) >= 11 is 0. The maximum absolute atomic E-state index is 12.6. The number of hydrogen-bond donors (Lipinski definition) is 0. The second-order valence-corrected chi connectivity index (χ2v) is 6.62. The molecule has 8 nitrogen and oxygen atoms in total. The molecule has 2 aromatic rings. The number of fused-ring (bicyclic) bond motifs is 1. The van der Waals surface area contributed by atoms with Crippen molar-refractivity contribution in [2.45, 2.75) is 26.9 Å². The quantitative estimate of drug-likeness (QED) is 0.240. The molecule has 0 saturated heterocycles. The lowest BCUT2D eigenvalue weighted by atomic mass is 9.99. The van der Waals surface area contributed by atoms with Gasteiger partial charge in [0.1, 0.15) is 0 Å². The zero-order valence-electron chi connectivity index (χ0n) is 16.1. The first-order chi connectivity index (χ1) is 13.8. The van der Waals surface area contributed by atoms with Gasteiger partial charge in [0.2, 0.25) is 12.6 Å². The predicted octanol–water partition coefficient (Wildman–Crippen LogP) is 3.77. The van der Waals surface area contributed by atoms with Crippen molar-refractivity contribution in [1.29, 1.82) is 0 Å². The minimum atomic E-state index is -1.00. The molecule has 1 aliphatic rings. The summed E-state index contributed by atoms with van der Waals surface area (Å²) in [5, 5.41) is 11.3. The van der Waals surface area contributed by atoms with E-state index in [4.69, 9.17) is 14.2 Å². The standard InChI is InChI=1S/C21H19NO7/c1-12-4-5-13(2)16(8-12)21(24)14(3)29-20(23)7-6-15-9-18-19(28-11-27-18)10-17(15)22(25)26/h4-10,14H,11H2,1-3H3/b7-6+/t14-/m1/s1. The SMILES string of the molecule is Cc1ccc(C)c(C(=O)[C@@H](C)OC(=O)/C=C/c2cc3c(cc2[N+](=O)[O-])OCO3)c1. The Balaban J connectivity index is 1.74. The van der Waals surface area contributed by atoms with Crippen molar-refractivity contribution in [3.05, 3.63) is 68.8 Å². The molecule has 0 radical (unpaired) electrons. The number of nitro benzene ring substituents is 1. The van der Waals surface area contributed by atoms with Gasteiger partial charge in [-0.15, -0.1) is 0 Å². The van der Waals surface area contributed by atoms with Gasteiger partial charge in [-0.1, -0.05) is 17.7 Å². The summed E-state index contributed by atoms with van der Waals surface area (Å²) in [5.74, 6) is -0.489. The Morgan fingerprint density at radius 3 is 2.55 bits per heavy atom. The molecular weight excluding hydrogens is 378 g/mol. The monoisotopic (exact) mass is 397 g/mol. The summed E-state index contributed by atoms with van der Waals surface area (Å²) in [5.41, 5.74) is 2.12. The van der Waals surface area contributed by atoms with Gasteiger partial charge in [0.25, 0.3) is 5.69 Å². The van der Waals surface area contributed by atoms with Crippen LogP contribution in [0.3, 0.4) is 0 Å². The van der Waals surface area contributed by atoms with Crippen LogP contribution in [0, 0.1) is 24.0 Å². The molecule has 0 unspecified atom stereocenters. The number of nitro groups is 1. The highest BCUT2D eigenvalue weighted by Crippen LogP contribution is 2.38. The van der Waals surface area contributed by atoms with Crippen LogP contribution in [0.2, 0.25) is 0 Å². The Hall–Kier alpha value is -3.68. The van der Waals surface area contributed by atoms with Crippen molar-refractivity contribution < 1.29 is 28.7 Å². The number of ketones is 1. The number of rotatable bonds is 6. The van der Waals surface area contributed by atoms with Crippen molar-refractivity contribution in [2.24, 2.45) is 0 Å². The summed E-state index contributed by atoms with van der Waals surface area (Å²) in [6.07, 6.45) is 1.29. The molecule has 1 atom stereocenters. The first kappa shape index (κ1) is 20.1. The van der Waals surface area contributed by atoms with Crippen LogP contribution in [0.25, 0.3) is 6.08 Å². The topological polar surface area (TPSA) is 105 Å². The minimum Gasteiger partial charge on any atom is -0.454 e. The minimum absolute atomic E-state index is 0.0281. The third-order valence-electron chi connectivity index (χ3n) is 4.44. The number of hydrogen-bond acceptors (Lipinski definition) is 7. The van der Waals surface area contributed by atoms with Crippen LogP contribution in [-0.4, -0.2) is 29.6 Å². The van der Waals surface area contributed by atoms with E-state index < -0.39 is 17.0 Å². The Morgan fingerprint density at radius 2 is 1.86 bits per heavy atom. The summed E-state index contributed by atoms with van der Waals surface area (Å²) in [4.78, 5) is 35.4. The molecule has 0 amide bonds. The number of carbonyl (C=O) groups is 2. The number of Topliss-reactive ketones (excluding diaryl/α,β-unsaturated/α-hetero) is 1. The van der Waals surface area contributed by atoms with E-state index in [0.717, 1.165) is 17.2 Å². The molecule has 1 aliphatic heterocycles. The number of esters is 1. The first-order valence-corrected chi connectivity index (χ1v) is 8.84. The van der Waals surface area contributed by atoms with Gasteiger partial charge in [0.05, 0.1) is 16.6 Å². The van der Waals surface area contributed by atoms with Crippen molar-refractivity contribution in [2.75, 3.05) is 6.79 Å². The van der Waals surface area contributed by atoms with Crippen molar-refractivity contribution >= 4 is 23.5 Å². The van der Waals surface area contributed by atoms with Crippen LogP contribution in [0.4, 0.5) is 5.69 Å². The number of aryl methyl sites for hydroxylation is 2. The van der Waals surface area contributed by atoms with Crippen molar-refractivity contribution in [1.82, 2.24) is 0 Å². The van der Waals surface area contributed by atoms with E-state index in [1.54, 1.807) is 13.0 Å². The molecule has 0 bridgehead atoms. The van der Waals surface area contributed by atoms with Gasteiger partial charge < -0.3 is 14.2 Å². The van der Waals surface area contributed by atoms with Crippen LogP contribution in [0.5, 0.6) is 11.5 Å². The molecule has 0 aromatic heterocycles. The maximum atomic E-state index is 12.6. The fourth-order valence-electron chi connectivity index (χ4n) is 2.88. The Kier molecular flexibility index (Phi) is 5.63. The molecule has 150 valence electrons. The fraction of sp³-hybridized carbons (Fsp3) is 0.238. The maximum Gasteiger partial charge on any atom is 0.331 e. The highest BCUT2D eigenvalue weighted by atomic mass is 16.7. The van der Waals surface area contributed by atoms with Gasteiger partial charge >= 0.3 is 5.97 Å². The second-order valence-electron chi connectivity index (χ2n) is 6.62. The Morgan fingerprint density at radius 1 is 1.17 bits per heavy atom. The van der Waals surface area contributed by atoms with Crippen LogP contribution < -0.4 is 9.47 Å². The molecule has 0 aliphatic carbocycles. The number of ether oxygens (including phenoxy) is 3. The zero-order valence-corrected chi connectivity index (χ0v) is 16.1. The van der Waals surface area contributed by atoms with Crippen molar-refractivity contribution in [3.8, 4) is 11.5 Å². The van der Waals surface area contributed by atoms with E-state index in [2.05, 4.69) is 0 Å². The largest absolute Gasteiger partial charge is 0.454 e. The molecule has 2 aromatic carbocycles. The smallest absolute Gasteiger partial charge is 0.331 e. The zero-order chi connectivity index (χ0) is 21.1. The fourth-order valence-corrected chi connectivity index (χ4v) is 2.88. The molecule has 8 heteroatoms. The summed E-state index contributed by atoms with van der Waals surface area (Å²) in [6.45, 7) is 5.13. The van der Waals surface area contributed by atoms with Gasteiger partial charge in [-0.3, -0.25) is 14.9 Å². The number of nitrogens with zero attached hydrogens (tertiary/aromatic N) is 1. The number of benzene rings is 2. The van der Waals surface area contributed by atoms with Crippen LogP contribution in [-0.2, 0) is 9.53 Å². The van der Waals surface area contributed by atoms with Gasteiger partial charge in [0.15, 0.2) is 17.6 Å². The van der Waals surface area contributed by atoms with Gasteiger partial charge in [-0.25, -0.2) is 4.79 Å². The second kappa shape index (κ2) is 8.14. The number of carbonyl (C=O) groups excluding carboxylic acids is 2. The van der Waals surface area contributed by atoms with E-state index in [1.165, 1.54) is 25.1 Å². The lowest BCUT2D eigenvalue weighted by Crippen LogP contribution is -2.24. The third-order valence-corrected chi connectivity index (χ3v) is 4.44. The highest BCUT2D eigenvalue weighted by Gasteiger charge is 2.23. The average molecular weight is 397 g/mol. The molecule has 1 heterocycles. The summed E-state index contributed by atoms with van der Waals surface area (Å²) in [6, 6.07) is 8.11. The van der Waals surface area contributed by atoms with E-state index in [-0.39, 0.29) is 29.6 Å². The molecule has 29 heavy (non-hydrogen) atoms. The van der Waals surface area contributed by atoms with Crippen LogP contribution in [0.15, 0.2) is 36.4 Å². The average Bonchev–Trinajstić information content (AvgIpc) is 3.14. The van der Waals surface area contributed by atoms with Crippen LogP contribution >= 0.6 is 0 Å². The normalized spacial score (nSPS) is 13.3. The first-order valence-electron chi connectivity index (χ1n) is 8.84. The molecule has 3 rings (SSSR count). The Labute approximate surface area is 166 Å². The van der Waals surface area contributed by atoms with Gasteiger partial charge in [-0.05, 0) is 44.5 Å². The van der Waals surface area contributed by atoms with Crippen LogP contribution in [0.1, 0.15) is 34.0 Å². The predicted molar refractivity (Wildman–Crippen MR) is 104 cm³/mol. The van der Waals surface area contributed by atoms with E-state index in [9.17, 15) is 19.7 Å². The molecule has 0 N–H and O–H groups in total. The third kappa shape index (κ3) is 4.43. The lowest BCUT2D eigenvalue weighted by Gasteiger charge is -2.13. The molecule has 0 spiro atoms. The van der Waals surface area contributed by atoms with E-state index in [0.29, 0.717) is 11.3 Å². The highest BCUT2D eigenvalue weighted by molar-refractivity contribution is 6.02. The van der Waals surface area contributed by atoms with Gasteiger partial charge in [-0.2, -0.15) is 0 Å². The van der Waals surface area contributed by atoms with Gasteiger partial charge in [0, 0.05) is 11.6 Å². The molecule has 0 fully saturated rings. The lowest BCUT2D eigenvalue weighted by molar-refractivity contribution is -0.385. The van der Waals surface area contributed by atoms with Crippen molar-refractivity contribution in [3.63, 3.8) is 0 Å². The van der Waals surface area contributed by atoms with E-state index in [1.807, 2.05) is 19.1 Å². The molecular formula is C21H19NO7. The summed E-state index contributed by atoms with van der Waals surface area (Å²) in [7, 11) is 0. The summed E-state index contributed by atoms with van der Waals surface area (Å²) < 4.78 is 15.5.